The monoisotopic (exact) mass is 600 g/mol. The fourth-order valence-electron chi connectivity index (χ4n) is 4.21. The fourth-order valence-corrected chi connectivity index (χ4v) is 4.21. The zero-order valence-corrected chi connectivity index (χ0v) is 25.0. The molecule has 12 heteroatoms. The van der Waals surface area contributed by atoms with E-state index >= 15 is 0 Å². The van der Waals surface area contributed by atoms with E-state index in [2.05, 4.69) is 24.5 Å². The van der Waals surface area contributed by atoms with Crippen LogP contribution in [0.2, 0.25) is 0 Å². The van der Waals surface area contributed by atoms with Crippen molar-refractivity contribution in [3.05, 3.63) is 100 Å². The Kier molecular flexibility index (Phi) is 9.56. The number of hydrogen-bond acceptors (Lipinski definition) is 11. The quantitative estimate of drug-likeness (QED) is 0.445. The first-order valence-corrected chi connectivity index (χ1v) is 12.9. The number of hydrogen-bond donors (Lipinski definition) is 0. The number of rotatable bonds is 6. The molecule has 221 valence electrons. The number of anilines is 4. The number of pyridine rings is 2. The molecule has 11 nitrogen and oxygen atoms in total. The van der Waals surface area contributed by atoms with Crippen LogP contribution in [0.15, 0.2) is 73.7 Å². The molecule has 0 spiro atoms. The van der Waals surface area contributed by atoms with Crippen molar-refractivity contribution in [2.45, 2.75) is 6.92 Å². The van der Waals surface area contributed by atoms with Gasteiger partial charge in [-0.15, -0.1) is 25.9 Å². The molecule has 0 bridgehead atoms. The second kappa shape index (κ2) is 13.1. The van der Waals surface area contributed by atoms with Gasteiger partial charge in [0, 0.05) is 41.0 Å². The third kappa shape index (κ3) is 7.19. The Morgan fingerprint density at radius 3 is 1.22 bits per heavy atom. The zero-order chi connectivity index (χ0) is 28.2. The van der Waals surface area contributed by atoms with Crippen LogP contribution in [-0.4, -0.2) is 60.0 Å². The number of methoxy groups -OCH3 is 2. The minimum Gasteiger partial charge on any atom is -0.510 e. The van der Waals surface area contributed by atoms with E-state index in [0.717, 1.165) is 34.8 Å². The van der Waals surface area contributed by atoms with E-state index in [1.807, 2.05) is 143 Å². The molecule has 4 aliphatic heterocycles. The van der Waals surface area contributed by atoms with Gasteiger partial charge in [-0.1, -0.05) is 13.0 Å². The van der Waals surface area contributed by atoms with Crippen molar-refractivity contribution in [1.29, 1.82) is 0 Å². The molecule has 0 aromatic carbocycles. The van der Waals surface area contributed by atoms with E-state index in [9.17, 15) is 0 Å². The van der Waals surface area contributed by atoms with E-state index in [1.165, 1.54) is 0 Å². The zero-order valence-electron chi connectivity index (χ0n) is 24.0. The van der Waals surface area contributed by atoms with Crippen LogP contribution in [0, 0.1) is 32.5 Å². The van der Waals surface area contributed by atoms with Gasteiger partial charge in [-0.3, -0.25) is 0 Å². The molecule has 6 heterocycles. The second-order valence-corrected chi connectivity index (χ2v) is 9.66. The fraction of sp³-hybridized carbons (Fsp3) is 0.241. The maximum atomic E-state index is 5.39. The van der Waals surface area contributed by atoms with Crippen molar-refractivity contribution in [3.8, 4) is 11.5 Å². The number of ether oxygens (including phenoxy) is 2. The third-order valence-corrected chi connectivity index (χ3v) is 6.33. The molecule has 1 atom stereocenters. The van der Waals surface area contributed by atoms with Crippen LogP contribution in [-0.2, 0) is 16.8 Å². The largest absolute Gasteiger partial charge is 0.510 e. The average Bonchev–Trinajstić information content (AvgIpc) is 3.77. The summed E-state index contributed by atoms with van der Waals surface area (Å²) in [6.07, 6.45) is 16.0. The van der Waals surface area contributed by atoms with Gasteiger partial charge in [0.1, 0.15) is 34.8 Å². The van der Waals surface area contributed by atoms with Gasteiger partial charge in [0.15, 0.2) is 0 Å². The van der Waals surface area contributed by atoms with Crippen molar-refractivity contribution in [2.24, 2.45) is 5.92 Å². The van der Waals surface area contributed by atoms with E-state index < -0.39 is 0 Å². The molecular formula is C29H35CoN9O2-4. The van der Waals surface area contributed by atoms with Crippen molar-refractivity contribution < 1.29 is 26.3 Å². The summed E-state index contributed by atoms with van der Waals surface area (Å²) in [5.41, 5.74) is 0. The van der Waals surface area contributed by atoms with Crippen molar-refractivity contribution >= 4 is 23.3 Å². The van der Waals surface area contributed by atoms with E-state index in [1.54, 1.807) is 14.2 Å². The predicted octanol–water partition coefficient (Wildman–Crippen LogP) is 4.34. The summed E-state index contributed by atoms with van der Waals surface area (Å²) in [7, 11) is 9.27. The Morgan fingerprint density at radius 2 is 0.951 bits per heavy atom. The van der Waals surface area contributed by atoms with Crippen LogP contribution in [0.4, 0.5) is 23.3 Å². The summed E-state index contributed by atoms with van der Waals surface area (Å²) in [5.74, 6) is 5.32. The molecule has 4 aliphatic rings. The van der Waals surface area contributed by atoms with Crippen molar-refractivity contribution in [1.82, 2.24) is 24.7 Å². The van der Waals surface area contributed by atoms with Gasteiger partial charge in [0.2, 0.25) is 0 Å². The molecule has 0 aliphatic carbocycles. The summed E-state index contributed by atoms with van der Waals surface area (Å²) in [4.78, 5) is 23.2. The molecule has 0 saturated heterocycles. The van der Waals surface area contributed by atoms with Crippen LogP contribution >= 0.6 is 0 Å². The first-order chi connectivity index (χ1) is 19.3. The molecule has 6 rings (SSSR count). The SMILES string of the molecule is COc1cc(N2C=CC(C)[CH-]2)nc(N2C=CN(C)[CH-]2)c1.COc1cc(N2C=CN(C)[CH-]2)nc(N2C=CN(C)[CH-]2)c1.[Co]. The molecule has 0 N–H and O–H groups in total. The first kappa shape index (κ1) is 29.9. The molecule has 1 unspecified atom stereocenters. The number of aromatic nitrogens is 2. The molecule has 41 heavy (non-hydrogen) atoms. The van der Waals surface area contributed by atoms with Crippen LogP contribution in [0.3, 0.4) is 0 Å². The Labute approximate surface area is 253 Å². The molecular weight excluding hydrogens is 565 g/mol. The molecule has 1 radical (unpaired) electrons. The maximum Gasteiger partial charge on any atom is 0.126 e. The summed E-state index contributed by atoms with van der Waals surface area (Å²) >= 11 is 0. The summed E-state index contributed by atoms with van der Waals surface area (Å²) in [6.45, 7) is 10.2. The van der Waals surface area contributed by atoms with Gasteiger partial charge in [-0.05, 0) is 64.5 Å². The van der Waals surface area contributed by atoms with Crippen LogP contribution in [0.25, 0.3) is 0 Å². The van der Waals surface area contributed by atoms with Gasteiger partial charge in [0.25, 0.3) is 0 Å². The van der Waals surface area contributed by atoms with Crippen molar-refractivity contribution in [3.63, 3.8) is 0 Å². The van der Waals surface area contributed by atoms with Gasteiger partial charge < -0.3 is 43.8 Å². The molecule has 2 aromatic heterocycles. The first-order valence-electron chi connectivity index (χ1n) is 12.9. The van der Waals surface area contributed by atoms with Gasteiger partial charge in [0.05, 0.1) is 14.2 Å². The minimum atomic E-state index is 0. The van der Waals surface area contributed by atoms with Crippen LogP contribution in [0.1, 0.15) is 6.92 Å². The summed E-state index contributed by atoms with van der Waals surface area (Å²) in [5, 5.41) is 0. The standard InChI is InChI=1S/C15H18N4O.C14H17N5O.Co/c1-12-4-5-18(10-12)14-8-13(20-3)9-15(16-14)19-7-6-17(2)11-19;1-16-4-6-18(10-16)13-8-12(20-3)9-14(15-13)19-7-5-17(2)11-19;/h4-12H,1-3H3;4-11H,1-3H3;/q2*-2;. The predicted molar refractivity (Wildman–Crippen MR) is 158 cm³/mol. The summed E-state index contributed by atoms with van der Waals surface area (Å²) < 4.78 is 10.8. The van der Waals surface area contributed by atoms with Gasteiger partial charge >= 0.3 is 0 Å². The third-order valence-electron chi connectivity index (χ3n) is 6.33. The van der Waals surface area contributed by atoms with Gasteiger partial charge in [-0.25, -0.2) is 16.5 Å². The van der Waals surface area contributed by atoms with E-state index in [-0.39, 0.29) is 16.8 Å². The average molecular weight is 601 g/mol. The molecule has 0 saturated carbocycles. The summed E-state index contributed by atoms with van der Waals surface area (Å²) in [6, 6.07) is 7.68. The Hall–Kier alpha value is -4.03. The molecule has 2 aromatic rings. The minimum absolute atomic E-state index is 0. The molecule has 0 amide bonds. The Morgan fingerprint density at radius 1 is 0.585 bits per heavy atom. The topological polar surface area (TPSA) is 66.9 Å². The van der Waals surface area contributed by atoms with Gasteiger partial charge in [-0.2, -0.15) is 0 Å². The van der Waals surface area contributed by atoms with E-state index in [0.29, 0.717) is 5.92 Å². The van der Waals surface area contributed by atoms with E-state index in [4.69, 9.17) is 14.5 Å². The Balaban J connectivity index is 0.000000184. The number of nitrogens with zero attached hydrogens (tertiary/aromatic N) is 9. The normalized spacial score (nSPS) is 18.9. The van der Waals surface area contributed by atoms with Crippen LogP contribution in [0.5, 0.6) is 11.5 Å². The molecule has 0 fully saturated rings. The maximum absolute atomic E-state index is 5.39. The smallest absolute Gasteiger partial charge is 0.126 e. The second-order valence-electron chi connectivity index (χ2n) is 9.66. The van der Waals surface area contributed by atoms with Crippen LogP contribution < -0.4 is 29.1 Å². The van der Waals surface area contributed by atoms with Crippen molar-refractivity contribution in [2.75, 3.05) is 55.0 Å². The Bertz CT molecular complexity index is 1130.